The molecule has 34 heavy (non-hydrogen) atoms. The first-order chi connectivity index (χ1) is 16.2. The summed E-state index contributed by atoms with van der Waals surface area (Å²) in [6, 6.07) is 13.2. The molecule has 2 atom stereocenters. The van der Waals surface area contributed by atoms with Crippen molar-refractivity contribution in [3.8, 4) is 0 Å². The van der Waals surface area contributed by atoms with Gasteiger partial charge in [0.05, 0.1) is 31.0 Å². The smallest absolute Gasteiger partial charge is 0.297 e. The molecule has 0 aliphatic carbocycles. The SMILES string of the molecule is Cc1ccc(S(=O)(=O)OC[C@@H]2CO[C@](CCCc3cc(C)cc(C)c3)(Cn3ccnc3)O2)cc1. The number of nitrogens with zero attached hydrogens (tertiary/aromatic N) is 2. The summed E-state index contributed by atoms with van der Waals surface area (Å²) in [6.07, 6.45) is 7.27. The third-order valence-electron chi connectivity index (χ3n) is 5.92. The number of benzene rings is 2. The highest BCUT2D eigenvalue weighted by atomic mass is 32.2. The zero-order valence-corrected chi connectivity index (χ0v) is 20.8. The van der Waals surface area contributed by atoms with Crippen molar-refractivity contribution in [2.75, 3.05) is 13.2 Å². The monoisotopic (exact) mass is 484 g/mol. The normalized spacial score (nSPS) is 20.6. The summed E-state index contributed by atoms with van der Waals surface area (Å²) in [4.78, 5) is 4.25. The Hall–Kier alpha value is -2.52. The fraction of sp³-hybridized carbons (Fsp3) is 0.423. The Morgan fingerprint density at radius 2 is 1.82 bits per heavy atom. The first-order valence-electron chi connectivity index (χ1n) is 11.5. The molecule has 8 heteroatoms. The first-order valence-corrected chi connectivity index (χ1v) is 12.9. The number of aryl methyl sites for hydroxylation is 4. The maximum absolute atomic E-state index is 12.6. The Morgan fingerprint density at radius 3 is 2.50 bits per heavy atom. The standard InChI is InChI=1S/C26H32N2O5S/c1-20-6-8-25(9-7-20)34(29,30)32-17-24-16-31-26(33-24,18-28-12-11-27-19-28)10-4-5-23-14-21(2)13-22(3)15-23/h6-9,11-15,19,24H,4-5,10,16-18H2,1-3H3/t24-,26-/m0/s1. The molecule has 0 saturated carbocycles. The second-order valence-electron chi connectivity index (χ2n) is 9.10. The molecule has 0 bridgehead atoms. The molecular weight excluding hydrogens is 452 g/mol. The molecule has 1 aliphatic heterocycles. The lowest BCUT2D eigenvalue weighted by molar-refractivity contribution is -0.185. The van der Waals surface area contributed by atoms with Crippen molar-refractivity contribution in [2.45, 2.75) is 63.4 Å². The zero-order valence-electron chi connectivity index (χ0n) is 19.9. The molecule has 0 N–H and O–H groups in total. The summed E-state index contributed by atoms with van der Waals surface area (Å²) in [5, 5.41) is 0. The van der Waals surface area contributed by atoms with Crippen LogP contribution in [0.25, 0.3) is 0 Å². The van der Waals surface area contributed by atoms with Gasteiger partial charge in [-0.25, -0.2) is 4.98 Å². The van der Waals surface area contributed by atoms with Crippen molar-refractivity contribution in [3.63, 3.8) is 0 Å². The van der Waals surface area contributed by atoms with Gasteiger partial charge >= 0.3 is 0 Å². The van der Waals surface area contributed by atoms with Crippen LogP contribution >= 0.6 is 0 Å². The number of hydrogen-bond acceptors (Lipinski definition) is 6. The molecule has 3 aromatic rings. The van der Waals surface area contributed by atoms with Gasteiger partial charge in [0.2, 0.25) is 0 Å². The number of hydrogen-bond donors (Lipinski definition) is 0. The van der Waals surface area contributed by atoms with Gasteiger partial charge in [0, 0.05) is 18.8 Å². The maximum atomic E-state index is 12.6. The fourth-order valence-corrected chi connectivity index (χ4v) is 5.30. The molecule has 1 saturated heterocycles. The second-order valence-corrected chi connectivity index (χ2v) is 10.7. The van der Waals surface area contributed by atoms with E-state index in [1.54, 1.807) is 36.8 Å². The van der Waals surface area contributed by atoms with Crippen LogP contribution in [0.15, 0.2) is 66.1 Å². The quantitative estimate of drug-likeness (QED) is 0.398. The van der Waals surface area contributed by atoms with E-state index in [1.165, 1.54) is 16.7 Å². The van der Waals surface area contributed by atoms with E-state index in [0.717, 1.165) is 18.4 Å². The molecule has 0 amide bonds. The molecule has 182 valence electrons. The van der Waals surface area contributed by atoms with Crippen LogP contribution in [-0.2, 0) is 36.7 Å². The molecule has 2 aromatic carbocycles. The van der Waals surface area contributed by atoms with Crippen molar-refractivity contribution in [3.05, 3.63) is 83.4 Å². The molecule has 2 heterocycles. The molecule has 0 radical (unpaired) electrons. The van der Waals surface area contributed by atoms with Crippen LogP contribution in [0.3, 0.4) is 0 Å². The van der Waals surface area contributed by atoms with Gasteiger partial charge in [-0.05, 0) is 51.3 Å². The van der Waals surface area contributed by atoms with Crippen molar-refractivity contribution in [1.29, 1.82) is 0 Å². The van der Waals surface area contributed by atoms with Gasteiger partial charge in [0.1, 0.15) is 6.10 Å². The van der Waals surface area contributed by atoms with E-state index >= 15 is 0 Å². The van der Waals surface area contributed by atoms with Gasteiger partial charge < -0.3 is 14.0 Å². The van der Waals surface area contributed by atoms with Crippen molar-refractivity contribution >= 4 is 10.1 Å². The lowest BCUT2D eigenvalue weighted by atomic mass is 10.0. The predicted octanol–water partition coefficient (Wildman–Crippen LogP) is 4.35. The highest BCUT2D eigenvalue weighted by Gasteiger charge is 2.42. The van der Waals surface area contributed by atoms with Gasteiger partial charge in [0.15, 0.2) is 5.79 Å². The average molecular weight is 485 g/mol. The van der Waals surface area contributed by atoms with E-state index in [4.69, 9.17) is 13.7 Å². The van der Waals surface area contributed by atoms with E-state index in [2.05, 4.69) is 37.0 Å². The average Bonchev–Trinajstić information content (AvgIpc) is 3.43. The minimum Gasteiger partial charge on any atom is -0.345 e. The summed E-state index contributed by atoms with van der Waals surface area (Å²) in [7, 11) is -3.86. The minimum atomic E-state index is -3.86. The largest absolute Gasteiger partial charge is 0.345 e. The molecule has 0 unspecified atom stereocenters. The molecule has 1 fully saturated rings. The highest BCUT2D eigenvalue weighted by molar-refractivity contribution is 7.86. The summed E-state index contributed by atoms with van der Waals surface area (Å²) < 4.78 is 44.8. The van der Waals surface area contributed by atoms with Gasteiger partial charge in [0.25, 0.3) is 10.1 Å². The highest BCUT2D eigenvalue weighted by Crippen LogP contribution is 2.32. The van der Waals surface area contributed by atoms with E-state index in [9.17, 15) is 8.42 Å². The Kier molecular flexibility index (Phi) is 7.52. The first kappa shape index (κ1) is 24.6. The van der Waals surface area contributed by atoms with E-state index in [-0.39, 0.29) is 18.1 Å². The lowest BCUT2D eigenvalue weighted by Crippen LogP contribution is -2.37. The minimum absolute atomic E-state index is 0.0983. The van der Waals surface area contributed by atoms with Crippen LogP contribution in [0.5, 0.6) is 0 Å². The van der Waals surface area contributed by atoms with E-state index in [0.29, 0.717) is 13.0 Å². The van der Waals surface area contributed by atoms with Crippen LogP contribution in [0.4, 0.5) is 0 Å². The lowest BCUT2D eigenvalue weighted by Gasteiger charge is -2.28. The number of ether oxygens (including phenoxy) is 2. The molecule has 1 aromatic heterocycles. The Morgan fingerprint density at radius 1 is 1.09 bits per heavy atom. The van der Waals surface area contributed by atoms with Gasteiger partial charge in [-0.2, -0.15) is 8.42 Å². The van der Waals surface area contributed by atoms with Crippen LogP contribution in [0, 0.1) is 20.8 Å². The molecular formula is C26H32N2O5S. The van der Waals surface area contributed by atoms with Crippen LogP contribution in [0.2, 0.25) is 0 Å². The maximum Gasteiger partial charge on any atom is 0.297 e. The molecule has 1 aliphatic rings. The topological polar surface area (TPSA) is 79.7 Å². The third-order valence-corrected chi connectivity index (χ3v) is 7.22. The fourth-order valence-electron chi connectivity index (χ4n) is 4.36. The van der Waals surface area contributed by atoms with Gasteiger partial charge in [-0.3, -0.25) is 4.18 Å². The van der Waals surface area contributed by atoms with Crippen molar-refractivity contribution in [2.24, 2.45) is 0 Å². The summed E-state index contributed by atoms with van der Waals surface area (Å²) >= 11 is 0. The second kappa shape index (κ2) is 10.4. The van der Waals surface area contributed by atoms with Crippen LogP contribution in [0.1, 0.15) is 35.1 Å². The third kappa shape index (κ3) is 6.33. The Labute approximate surface area is 201 Å². The molecule has 4 rings (SSSR count). The number of aromatic nitrogens is 2. The summed E-state index contributed by atoms with van der Waals surface area (Å²) in [5.41, 5.74) is 4.78. The van der Waals surface area contributed by atoms with Crippen LogP contribution in [-0.4, -0.2) is 43.1 Å². The van der Waals surface area contributed by atoms with Crippen molar-refractivity contribution < 1.29 is 22.1 Å². The van der Waals surface area contributed by atoms with Gasteiger partial charge in [-0.15, -0.1) is 0 Å². The summed E-state index contributed by atoms with van der Waals surface area (Å²) in [5.74, 6) is -0.860. The van der Waals surface area contributed by atoms with Crippen LogP contribution < -0.4 is 0 Å². The Balaban J connectivity index is 1.39. The number of imidazole rings is 1. The van der Waals surface area contributed by atoms with E-state index in [1.807, 2.05) is 17.7 Å². The number of rotatable bonds is 10. The molecule has 0 spiro atoms. The van der Waals surface area contributed by atoms with Crippen molar-refractivity contribution in [1.82, 2.24) is 9.55 Å². The molecule has 7 nitrogen and oxygen atoms in total. The Bertz CT molecular complexity index is 1170. The van der Waals surface area contributed by atoms with E-state index < -0.39 is 22.0 Å². The zero-order chi connectivity index (χ0) is 24.2. The van der Waals surface area contributed by atoms with Gasteiger partial charge in [-0.1, -0.05) is 47.0 Å². The summed E-state index contributed by atoms with van der Waals surface area (Å²) in [6.45, 7) is 6.76. The predicted molar refractivity (Wildman–Crippen MR) is 129 cm³/mol.